The van der Waals surface area contributed by atoms with E-state index in [1.807, 2.05) is 0 Å². The molecule has 88 valence electrons. The van der Waals surface area contributed by atoms with E-state index in [0.29, 0.717) is 11.3 Å². The molecule has 0 unspecified atom stereocenters. The molecule has 0 aliphatic heterocycles. The monoisotopic (exact) mass is 234 g/mol. The number of hydrogen-bond donors (Lipinski definition) is 1. The summed E-state index contributed by atoms with van der Waals surface area (Å²) in [5, 5.41) is 12.6. The SMILES string of the molecule is Cc1oc(C(=O)O)cc1Cn1ncccc1=O. The van der Waals surface area contributed by atoms with Crippen LogP contribution < -0.4 is 5.56 Å². The van der Waals surface area contributed by atoms with Crippen LogP contribution in [0.2, 0.25) is 0 Å². The Balaban J connectivity index is 2.34. The average Bonchev–Trinajstić information content (AvgIpc) is 2.64. The predicted octanol–water partition coefficient (Wildman–Crippen LogP) is 0.891. The summed E-state index contributed by atoms with van der Waals surface area (Å²) in [6.45, 7) is 1.85. The minimum absolute atomic E-state index is 0.138. The van der Waals surface area contributed by atoms with E-state index >= 15 is 0 Å². The van der Waals surface area contributed by atoms with Gasteiger partial charge in [0.05, 0.1) is 6.54 Å². The highest BCUT2D eigenvalue weighted by Gasteiger charge is 2.13. The van der Waals surface area contributed by atoms with Crippen LogP contribution in [0.5, 0.6) is 0 Å². The van der Waals surface area contributed by atoms with E-state index in [1.54, 1.807) is 13.0 Å². The Morgan fingerprint density at radius 1 is 1.59 bits per heavy atom. The number of aryl methyl sites for hydroxylation is 1. The number of rotatable bonds is 3. The minimum Gasteiger partial charge on any atom is -0.475 e. The van der Waals surface area contributed by atoms with Gasteiger partial charge in [-0.15, -0.1) is 0 Å². The molecule has 0 bridgehead atoms. The van der Waals surface area contributed by atoms with Gasteiger partial charge in [-0.05, 0) is 19.1 Å². The number of hydrogen-bond acceptors (Lipinski definition) is 4. The van der Waals surface area contributed by atoms with Crippen molar-refractivity contribution in [2.24, 2.45) is 0 Å². The van der Waals surface area contributed by atoms with Gasteiger partial charge in [-0.25, -0.2) is 9.48 Å². The van der Waals surface area contributed by atoms with E-state index in [1.165, 1.54) is 23.0 Å². The van der Waals surface area contributed by atoms with Gasteiger partial charge in [-0.3, -0.25) is 4.79 Å². The van der Waals surface area contributed by atoms with Gasteiger partial charge >= 0.3 is 5.97 Å². The van der Waals surface area contributed by atoms with E-state index in [-0.39, 0.29) is 17.9 Å². The Hall–Kier alpha value is -2.37. The topological polar surface area (TPSA) is 85.3 Å². The Kier molecular flexibility index (Phi) is 2.78. The lowest BCUT2D eigenvalue weighted by Crippen LogP contribution is -2.21. The third-order valence-electron chi connectivity index (χ3n) is 2.34. The number of carboxylic acids is 1. The zero-order chi connectivity index (χ0) is 12.4. The molecule has 0 aliphatic rings. The number of carbonyl (C=O) groups is 1. The van der Waals surface area contributed by atoms with Crippen LogP contribution in [0.4, 0.5) is 0 Å². The van der Waals surface area contributed by atoms with Gasteiger partial charge in [0.2, 0.25) is 5.76 Å². The average molecular weight is 234 g/mol. The summed E-state index contributed by atoms with van der Waals surface area (Å²) in [4.78, 5) is 22.1. The van der Waals surface area contributed by atoms with Crippen molar-refractivity contribution in [3.63, 3.8) is 0 Å². The fraction of sp³-hybridized carbons (Fsp3) is 0.182. The van der Waals surface area contributed by atoms with Crippen molar-refractivity contribution in [1.82, 2.24) is 9.78 Å². The molecule has 0 amide bonds. The van der Waals surface area contributed by atoms with Crippen LogP contribution in [0.1, 0.15) is 21.9 Å². The lowest BCUT2D eigenvalue weighted by Gasteiger charge is -2.01. The maximum absolute atomic E-state index is 11.4. The van der Waals surface area contributed by atoms with Crippen molar-refractivity contribution in [3.05, 3.63) is 51.8 Å². The molecule has 0 aromatic carbocycles. The first-order valence-electron chi connectivity index (χ1n) is 4.92. The van der Waals surface area contributed by atoms with Crippen LogP contribution in [0.25, 0.3) is 0 Å². The summed E-state index contributed by atoms with van der Waals surface area (Å²) in [5.74, 6) is -0.797. The van der Waals surface area contributed by atoms with Gasteiger partial charge in [0, 0.05) is 17.8 Å². The van der Waals surface area contributed by atoms with Gasteiger partial charge in [0.15, 0.2) is 0 Å². The Morgan fingerprint density at radius 2 is 2.35 bits per heavy atom. The van der Waals surface area contributed by atoms with E-state index in [2.05, 4.69) is 5.10 Å². The highest BCUT2D eigenvalue weighted by molar-refractivity contribution is 5.84. The minimum atomic E-state index is -1.13. The van der Waals surface area contributed by atoms with Crippen LogP contribution in [0, 0.1) is 6.92 Å². The highest BCUT2D eigenvalue weighted by Crippen LogP contribution is 2.15. The molecule has 6 heteroatoms. The lowest BCUT2D eigenvalue weighted by molar-refractivity contribution is 0.0661. The summed E-state index contributed by atoms with van der Waals surface area (Å²) in [6, 6.07) is 4.34. The number of nitrogens with zero attached hydrogens (tertiary/aromatic N) is 2. The second-order valence-electron chi connectivity index (χ2n) is 3.52. The third-order valence-corrected chi connectivity index (χ3v) is 2.34. The summed E-state index contributed by atoms with van der Waals surface area (Å²) in [5.41, 5.74) is 0.383. The predicted molar refractivity (Wildman–Crippen MR) is 58.0 cm³/mol. The standard InChI is InChI=1S/C11H10N2O4/c1-7-8(5-9(17-7)11(15)16)6-13-10(14)3-2-4-12-13/h2-5H,6H2,1H3,(H,15,16). The van der Waals surface area contributed by atoms with Crippen molar-refractivity contribution in [2.45, 2.75) is 13.5 Å². The fourth-order valence-electron chi connectivity index (χ4n) is 1.45. The quantitative estimate of drug-likeness (QED) is 0.852. The molecule has 2 rings (SSSR count). The number of aromatic carboxylic acids is 1. The molecule has 0 spiro atoms. The normalized spacial score (nSPS) is 10.4. The van der Waals surface area contributed by atoms with Crippen LogP contribution in [0.3, 0.4) is 0 Å². The molecule has 17 heavy (non-hydrogen) atoms. The Bertz CT molecular complexity index is 612. The molecule has 2 heterocycles. The van der Waals surface area contributed by atoms with E-state index in [4.69, 9.17) is 9.52 Å². The number of carboxylic acid groups (broad SMARTS) is 1. The van der Waals surface area contributed by atoms with Gasteiger partial charge in [0.25, 0.3) is 5.56 Å². The van der Waals surface area contributed by atoms with Crippen LogP contribution in [-0.4, -0.2) is 20.9 Å². The van der Waals surface area contributed by atoms with Crippen molar-refractivity contribution >= 4 is 5.97 Å². The highest BCUT2D eigenvalue weighted by atomic mass is 16.4. The summed E-state index contributed by atoms with van der Waals surface area (Å²) in [6.07, 6.45) is 1.49. The largest absolute Gasteiger partial charge is 0.475 e. The molecule has 2 aromatic heterocycles. The molecule has 2 aromatic rings. The smallest absolute Gasteiger partial charge is 0.371 e. The molecule has 0 fully saturated rings. The summed E-state index contributed by atoms with van der Waals surface area (Å²) < 4.78 is 6.29. The molecule has 0 radical (unpaired) electrons. The third kappa shape index (κ3) is 2.25. The Labute approximate surface area is 96.1 Å². The van der Waals surface area contributed by atoms with Crippen molar-refractivity contribution in [2.75, 3.05) is 0 Å². The zero-order valence-corrected chi connectivity index (χ0v) is 9.08. The Morgan fingerprint density at radius 3 is 2.94 bits per heavy atom. The second kappa shape index (κ2) is 4.25. The van der Waals surface area contributed by atoms with Gasteiger partial charge in [-0.2, -0.15) is 5.10 Å². The van der Waals surface area contributed by atoms with Crippen LogP contribution >= 0.6 is 0 Å². The molecule has 0 saturated heterocycles. The molecule has 0 saturated carbocycles. The van der Waals surface area contributed by atoms with E-state index < -0.39 is 5.97 Å². The second-order valence-corrected chi connectivity index (χ2v) is 3.52. The fourth-order valence-corrected chi connectivity index (χ4v) is 1.45. The van der Waals surface area contributed by atoms with Crippen molar-refractivity contribution in [3.8, 4) is 0 Å². The summed E-state index contributed by atoms with van der Waals surface area (Å²) >= 11 is 0. The molecule has 0 atom stereocenters. The molecular formula is C11H10N2O4. The number of aromatic nitrogens is 2. The van der Waals surface area contributed by atoms with Gasteiger partial charge in [0.1, 0.15) is 5.76 Å². The van der Waals surface area contributed by atoms with Crippen molar-refractivity contribution < 1.29 is 14.3 Å². The molecular weight excluding hydrogens is 224 g/mol. The van der Waals surface area contributed by atoms with E-state index in [9.17, 15) is 9.59 Å². The first-order valence-corrected chi connectivity index (χ1v) is 4.92. The van der Waals surface area contributed by atoms with Gasteiger partial charge in [-0.1, -0.05) is 0 Å². The van der Waals surface area contributed by atoms with Gasteiger partial charge < -0.3 is 9.52 Å². The van der Waals surface area contributed by atoms with E-state index in [0.717, 1.165) is 0 Å². The first kappa shape index (κ1) is 11.1. The van der Waals surface area contributed by atoms with Crippen LogP contribution in [0.15, 0.2) is 33.6 Å². The maximum Gasteiger partial charge on any atom is 0.371 e. The maximum atomic E-state index is 11.4. The lowest BCUT2D eigenvalue weighted by atomic mass is 10.2. The van der Waals surface area contributed by atoms with Crippen molar-refractivity contribution in [1.29, 1.82) is 0 Å². The molecule has 1 N–H and O–H groups in total. The first-order chi connectivity index (χ1) is 8.08. The molecule has 6 nitrogen and oxygen atoms in total. The number of furan rings is 1. The summed E-state index contributed by atoms with van der Waals surface area (Å²) in [7, 11) is 0. The zero-order valence-electron chi connectivity index (χ0n) is 9.08. The molecule has 0 aliphatic carbocycles. The van der Waals surface area contributed by atoms with Crippen LogP contribution in [-0.2, 0) is 6.54 Å².